The van der Waals surface area contributed by atoms with E-state index in [2.05, 4.69) is 9.93 Å². The summed E-state index contributed by atoms with van der Waals surface area (Å²) in [5, 5.41) is 4.11. The number of hydrazone groups is 1. The smallest absolute Gasteiger partial charge is 0.207 e. The second kappa shape index (κ2) is 6.12. The van der Waals surface area contributed by atoms with Crippen LogP contribution in [0.25, 0.3) is 0 Å². The van der Waals surface area contributed by atoms with E-state index in [9.17, 15) is 12.8 Å². The third-order valence-corrected chi connectivity index (χ3v) is 4.95. The SMILES string of the molecule is Cc1ccc(S(=O)(=O)N/N=C(\c2ccc(F)cc2)C2CC2)cc1. The molecule has 0 saturated heterocycles. The Morgan fingerprint density at radius 2 is 1.70 bits per heavy atom. The lowest BCUT2D eigenvalue weighted by Crippen LogP contribution is -2.21. The van der Waals surface area contributed by atoms with Gasteiger partial charge in [0.05, 0.1) is 10.6 Å². The van der Waals surface area contributed by atoms with Gasteiger partial charge in [0.25, 0.3) is 10.0 Å². The average Bonchev–Trinajstić information content (AvgIpc) is 3.34. The Bertz CT molecular complexity index is 824. The van der Waals surface area contributed by atoms with E-state index in [4.69, 9.17) is 0 Å². The lowest BCUT2D eigenvalue weighted by Gasteiger charge is -2.08. The quantitative estimate of drug-likeness (QED) is 0.675. The van der Waals surface area contributed by atoms with Crippen LogP contribution in [0.2, 0.25) is 0 Å². The van der Waals surface area contributed by atoms with E-state index in [0.29, 0.717) is 5.71 Å². The lowest BCUT2D eigenvalue weighted by molar-refractivity contribution is 0.584. The van der Waals surface area contributed by atoms with Crippen LogP contribution in [0, 0.1) is 18.7 Å². The summed E-state index contributed by atoms with van der Waals surface area (Å²) in [6, 6.07) is 12.5. The number of sulfonamides is 1. The topological polar surface area (TPSA) is 58.5 Å². The Hall–Kier alpha value is -2.21. The molecule has 1 N–H and O–H groups in total. The maximum absolute atomic E-state index is 13.0. The summed E-state index contributed by atoms with van der Waals surface area (Å²) in [7, 11) is -3.71. The molecular formula is C17H17FN2O2S. The molecule has 3 rings (SSSR count). The molecule has 4 nitrogen and oxygen atoms in total. The van der Waals surface area contributed by atoms with Crippen LogP contribution in [0.1, 0.15) is 24.0 Å². The molecule has 2 aromatic rings. The van der Waals surface area contributed by atoms with Crippen molar-refractivity contribution in [1.29, 1.82) is 0 Å². The summed E-state index contributed by atoms with van der Waals surface area (Å²) in [5.74, 6) is -0.106. The average molecular weight is 332 g/mol. The highest BCUT2D eigenvalue weighted by atomic mass is 32.2. The van der Waals surface area contributed by atoms with Gasteiger partial charge in [-0.05, 0) is 49.6 Å². The summed E-state index contributed by atoms with van der Waals surface area (Å²) in [6.07, 6.45) is 1.92. The first-order valence-electron chi connectivity index (χ1n) is 7.38. The number of nitrogens with zero attached hydrogens (tertiary/aromatic N) is 1. The Morgan fingerprint density at radius 1 is 1.09 bits per heavy atom. The minimum absolute atomic E-state index is 0.168. The third kappa shape index (κ3) is 3.76. The van der Waals surface area contributed by atoms with Crippen LogP contribution < -0.4 is 4.83 Å². The van der Waals surface area contributed by atoms with Crippen molar-refractivity contribution in [2.75, 3.05) is 0 Å². The van der Waals surface area contributed by atoms with Crippen molar-refractivity contribution in [1.82, 2.24) is 4.83 Å². The largest absolute Gasteiger partial charge is 0.276 e. The molecule has 0 radical (unpaired) electrons. The highest BCUT2D eigenvalue weighted by Gasteiger charge is 2.29. The Morgan fingerprint density at radius 3 is 2.26 bits per heavy atom. The molecule has 0 unspecified atom stereocenters. The number of aryl methyl sites for hydroxylation is 1. The summed E-state index contributed by atoms with van der Waals surface area (Å²) in [5.41, 5.74) is 2.37. The molecule has 0 aromatic heterocycles. The second-order valence-corrected chi connectivity index (χ2v) is 7.35. The zero-order valence-electron chi connectivity index (χ0n) is 12.7. The van der Waals surface area contributed by atoms with Crippen LogP contribution in [-0.2, 0) is 10.0 Å². The van der Waals surface area contributed by atoms with Gasteiger partial charge in [0, 0.05) is 5.92 Å². The second-order valence-electron chi connectivity index (χ2n) is 5.69. The maximum atomic E-state index is 13.0. The molecule has 1 fully saturated rings. The van der Waals surface area contributed by atoms with Crippen molar-refractivity contribution in [2.45, 2.75) is 24.7 Å². The van der Waals surface area contributed by atoms with Crippen LogP contribution in [0.5, 0.6) is 0 Å². The predicted octanol–water partition coefficient (Wildman–Crippen LogP) is 3.23. The maximum Gasteiger partial charge on any atom is 0.276 e. The van der Waals surface area contributed by atoms with Crippen molar-refractivity contribution in [3.63, 3.8) is 0 Å². The van der Waals surface area contributed by atoms with E-state index in [-0.39, 0.29) is 16.6 Å². The molecule has 1 aliphatic rings. The van der Waals surface area contributed by atoms with Crippen molar-refractivity contribution in [3.8, 4) is 0 Å². The zero-order valence-corrected chi connectivity index (χ0v) is 13.5. The van der Waals surface area contributed by atoms with Gasteiger partial charge in [-0.25, -0.2) is 4.39 Å². The number of hydrogen-bond donors (Lipinski definition) is 1. The van der Waals surface area contributed by atoms with Crippen LogP contribution in [0.3, 0.4) is 0 Å². The first kappa shape index (κ1) is 15.7. The molecule has 0 atom stereocenters. The first-order chi connectivity index (χ1) is 11.0. The number of rotatable bonds is 5. The van der Waals surface area contributed by atoms with Crippen molar-refractivity contribution in [2.24, 2.45) is 11.0 Å². The van der Waals surface area contributed by atoms with Crippen molar-refractivity contribution in [3.05, 3.63) is 65.5 Å². The summed E-state index contributed by atoms with van der Waals surface area (Å²) >= 11 is 0. The van der Waals surface area contributed by atoms with E-state index >= 15 is 0 Å². The van der Waals surface area contributed by atoms with Crippen LogP contribution in [0.4, 0.5) is 4.39 Å². The number of benzene rings is 2. The van der Waals surface area contributed by atoms with Gasteiger partial charge in [0.2, 0.25) is 0 Å². The molecule has 1 saturated carbocycles. The van der Waals surface area contributed by atoms with E-state index in [1.807, 2.05) is 6.92 Å². The van der Waals surface area contributed by atoms with E-state index in [1.165, 1.54) is 12.1 Å². The Labute approximate surface area is 135 Å². The molecule has 120 valence electrons. The molecule has 2 aromatic carbocycles. The van der Waals surface area contributed by atoms with Crippen molar-refractivity contribution >= 4 is 15.7 Å². The minimum Gasteiger partial charge on any atom is -0.207 e. The fourth-order valence-corrected chi connectivity index (χ4v) is 3.07. The normalized spacial score (nSPS) is 15.5. The first-order valence-corrected chi connectivity index (χ1v) is 8.86. The molecule has 1 aliphatic carbocycles. The van der Waals surface area contributed by atoms with Gasteiger partial charge in [-0.3, -0.25) is 0 Å². The molecule has 0 amide bonds. The standard InChI is InChI=1S/C17H17FN2O2S/c1-12-2-10-16(11-3-12)23(21,22)20-19-17(13-4-5-13)14-6-8-15(18)9-7-14/h2-3,6-11,13,20H,4-5H2,1H3/b19-17-. The molecule has 0 spiro atoms. The summed E-state index contributed by atoms with van der Waals surface area (Å²) in [6.45, 7) is 1.89. The zero-order chi connectivity index (χ0) is 16.4. The molecule has 0 heterocycles. The van der Waals surface area contributed by atoms with Gasteiger partial charge in [-0.1, -0.05) is 29.8 Å². The predicted molar refractivity (Wildman–Crippen MR) is 87.2 cm³/mol. The van der Waals surface area contributed by atoms with Gasteiger partial charge < -0.3 is 0 Å². The fraction of sp³-hybridized carbons (Fsp3) is 0.235. The van der Waals surface area contributed by atoms with Gasteiger partial charge in [0.15, 0.2) is 0 Å². The molecule has 0 bridgehead atoms. The van der Waals surface area contributed by atoms with Gasteiger partial charge in [-0.15, -0.1) is 0 Å². The summed E-state index contributed by atoms with van der Waals surface area (Å²) in [4.78, 5) is 2.46. The number of hydrogen-bond acceptors (Lipinski definition) is 3. The van der Waals surface area contributed by atoms with Crippen molar-refractivity contribution < 1.29 is 12.8 Å². The van der Waals surface area contributed by atoms with E-state index < -0.39 is 10.0 Å². The Balaban J connectivity index is 1.86. The minimum atomic E-state index is -3.71. The number of halogens is 1. The van der Waals surface area contributed by atoms with Crippen LogP contribution >= 0.6 is 0 Å². The molecular weight excluding hydrogens is 315 g/mol. The number of nitrogens with one attached hydrogen (secondary N) is 1. The van der Waals surface area contributed by atoms with Gasteiger partial charge >= 0.3 is 0 Å². The monoisotopic (exact) mass is 332 g/mol. The summed E-state index contributed by atoms with van der Waals surface area (Å²) < 4.78 is 37.6. The van der Waals surface area contributed by atoms with Crippen LogP contribution in [-0.4, -0.2) is 14.1 Å². The highest BCUT2D eigenvalue weighted by Crippen LogP contribution is 2.33. The molecule has 23 heavy (non-hydrogen) atoms. The van der Waals surface area contributed by atoms with E-state index in [1.54, 1.807) is 36.4 Å². The highest BCUT2D eigenvalue weighted by molar-refractivity contribution is 7.89. The van der Waals surface area contributed by atoms with E-state index in [0.717, 1.165) is 24.0 Å². The molecule has 6 heteroatoms. The fourth-order valence-electron chi connectivity index (χ4n) is 2.25. The molecule has 0 aliphatic heterocycles. The Kier molecular flexibility index (Phi) is 4.17. The third-order valence-electron chi connectivity index (χ3n) is 3.72. The van der Waals surface area contributed by atoms with Crippen LogP contribution in [0.15, 0.2) is 58.5 Å². The van der Waals surface area contributed by atoms with Gasteiger partial charge in [0.1, 0.15) is 5.82 Å². The van der Waals surface area contributed by atoms with Gasteiger partial charge in [-0.2, -0.15) is 18.4 Å². The lowest BCUT2D eigenvalue weighted by atomic mass is 10.1.